The van der Waals surface area contributed by atoms with Gasteiger partial charge >= 0.3 is 5.97 Å². The van der Waals surface area contributed by atoms with Gasteiger partial charge in [0.2, 0.25) is 5.88 Å². The lowest BCUT2D eigenvalue weighted by molar-refractivity contribution is 0.0734. The summed E-state index contributed by atoms with van der Waals surface area (Å²) < 4.78 is 28.5. The molecule has 42 heavy (non-hydrogen) atoms. The number of hydrogen-bond acceptors (Lipinski definition) is 8. The third kappa shape index (κ3) is 5.97. The first-order valence-corrected chi connectivity index (χ1v) is 13.5. The Labute approximate surface area is 248 Å². The summed E-state index contributed by atoms with van der Waals surface area (Å²) in [5, 5.41) is 10.6. The highest BCUT2D eigenvalue weighted by Crippen LogP contribution is 2.45. The molecule has 212 valence electrons. The van der Waals surface area contributed by atoms with Gasteiger partial charge < -0.3 is 29.4 Å². The van der Waals surface area contributed by atoms with Gasteiger partial charge in [-0.2, -0.15) is 5.26 Å². The monoisotopic (exact) mass is 582 g/mol. The molecule has 0 bridgehead atoms. The lowest BCUT2D eigenvalue weighted by Gasteiger charge is -2.27. The molecular weight excluding hydrogens is 556 g/mol. The second-order valence-corrected chi connectivity index (χ2v) is 9.67. The van der Waals surface area contributed by atoms with E-state index >= 15 is 0 Å². The van der Waals surface area contributed by atoms with Gasteiger partial charge in [0.1, 0.15) is 35.5 Å². The van der Waals surface area contributed by atoms with E-state index in [0.717, 1.165) is 11.1 Å². The number of rotatable bonds is 9. The van der Waals surface area contributed by atoms with Crippen molar-refractivity contribution in [2.75, 3.05) is 13.7 Å². The average molecular weight is 583 g/mol. The quantitative estimate of drug-likeness (QED) is 0.170. The number of esters is 1. The molecule has 0 fully saturated rings. The van der Waals surface area contributed by atoms with Gasteiger partial charge in [-0.25, -0.2) is 4.79 Å². The first kappa shape index (κ1) is 28.4. The zero-order valence-corrected chi connectivity index (χ0v) is 23.7. The fraction of sp³-hybridized carbons (Fsp3) is 0.152. The number of methoxy groups -OCH3 is 1. The summed E-state index contributed by atoms with van der Waals surface area (Å²) in [4.78, 5) is 12.7. The van der Waals surface area contributed by atoms with Crippen molar-refractivity contribution in [3.05, 3.63) is 124 Å². The van der Waals surface area contributed by atoms with Crippen molar-refractivity contribution in [1.82, 2.24) is 0 Å². The van der Waals surface area contributed by atoms with Crippen LogP contribution in [0.25, 0.3) is 0 Å². The summed E-state index contributed by atoms with van der Waals surface area (Å²) in [5.74, 6) is 1.17. The normalized spacial score (nSPS) is 13.8. The summed E-state index contributed by atoms with van der Waals surface area (Å²) in [6.07, 6.45) is 0. The number of nitriles is 1. The maximum Gasteiger partial charge on any atom is 0.343 e. The lowest BCUT2D eigenvalue weighted by atomic mass is 9.83. The molecule has 1 unspecified atom stereocenters. The maximum atomic E-state index is 12.7. The van der Waals surface area contributed by atoms with Crippen LogP contribution in [0, 0.1) is 11.3 Å². The van der Waals surface area contributed by atoms with Crippen LogP contribution in [0.15, 0.2) is 96.4 Å². The molecule has 0 amide bonds. The SMILES string of the molecule is CCOc1cc(C2C(C#N)=C(N)Oc3cc(OC(=O)c4ccc(OC)cc4)ccc32)ccc1OCc1ccccc1Cl. The molecule has 1 aliphatic rings. The van der Waals surface area contributed by atoms with E-state index in [2.05, 4.69) is 6.07 Å². The van der Waals surface area contributed by atoms with Crippen LogP contribution in [0.3, 0.4) is 0 Å². The number of hydrogen-bond donors (Lipinski definition) is 1. The molecule has 1 atom stereocenters. The van der Waals surface area contributed by atoms with E-state index in [1.807, 2.05) is 37.3 Å². The minimum atomic E-state index is -0.554. The minimum Gasteiger partial charge on any atom is -0.497 e. The van der Waals surface area contributed by atoms with E-state index < -0.39 is 11.9 Å². The van der Waals surface area contributed by atoms with Crippen LogP contribution in [0.4, 0.5) is 0 Å². The van der Waals surface area contributed by atoms with E-state index in [0.29, 0.717) is 45.8 Å². The van der Waals surface area contributed by atoms with E-state index in [1.165, 1.54) is 0 Å². The van der Waals surface area contributed by atoms with Crippen LogP contribution in [0.5, 0.6) is 28.7 Å². The molecule has 1 heterocycles. The van der Waals surface area contributed by atoms with E-state index in [1.54, 1.807) is 61.7 Å². The Kier molecular flexibility index (Phi) is 8.51. The Morgan fingerprint density at radius 1 is 0.976 bits per heavy atom. The molecule has 8 nitrogen and oxygen atoms in total. The number of halogens is 1. The zero-order valence-electron chi connectivity index (χ0n) is 22.9. The number of benzene rings is 4. The lowest BCUT2D eigenvalue weighted by Crippen LogP contribution is -2.21. The number of nitrogens with zero attached hydrogens (tertiary/aromatic N) is 1. The Hall–Kier alpha value is -5.13. The van der Waals surface area contributed by atoms with Crippen LogP contribution in [0.1, 0.15) is 39.9 Å². The average Bonchev–Trinajstić information content (AvgIpc) is 3.00. The second-order valence-electron chi connectivity index (χ2n) is 9.26. The molecule has 1 aliphatic heterocycles. The number of allylic oxidation sites excluding steroid dienone is 1. The predicted octanol–water partition coefficient (Wildman–Crippen LogP) is 6.76. The molecule has 0 radical (unpaired) electrons. The van der Waals surface area contributed by atoms with Crippen molar-refractivity contribution < 1.29 is 28.5 Å². The first-order chi connectivity index (χ1) is 20.4. The summed E-state index contributed by atoms with van der Waals surface area (Å²) in [7, 11) is 1.55. The molecule has 0 saturated carbocycles. The molecular formula is C33H27ClN2O6. The van der Waals surface area contributed by atoms with Crippen molar-refractivity contribution in [3.8, 4) is 34.8 Å². The van der Waals surface area contributed by atoms with Crippen LogP contribution < -0.4 is 29.4 Å². The van der Waals surface area contributed by atoms with Gasteiger partial charge in [0.05, 0.1) is 25.2 Å². The molecule has 5 rings (SSSR count). The molecule has 2 N–H and O–H groups in total. The van der Waals surface area contributed by atoms with Crippen LogP contribution in [0.2, 0.25) is 5.02 Å². The predicted molar refractivity (Wildman–Crippen MR) is 157 cm³/mol. The Morgan fingerprint density at radius 2 is 1.74 bits per heavy atom. The van der Waals surface area contributed by atoms with E-state index in [4.69, 9.17) is 41.0 Å². The molecule has 0 aliphatic carbocycles. The van der Waals surface area contributed by atoms with Gasteiger partial charge in [0, 0.05) is 22.2 Å². The Balaban J connectivity index is 1.44. The van der Waals surface area contributed by atoms with Gasteiger partial charge in [-0.05, 0) is 61.0 Å². The maximum absolute atomic E-state index is 12.7. The standard InChI is InChI=1S/C33H27ClN2O6/c1-3-39-30-16-21(10-15-28(30)40-19-22-6-4-5-7-27(22)34)31-25-14-13-24(17-29(25)42-32(36)26(31)18-35)41-33(37)20-8-11-23(38-2)12-9-20/h4-17,31H,3,19,36H2,1-2H3. The van der Waals surface area contributed by atoms with Crippen molar-refractivity contribution in [3.63, 3.8) is 0 Å². The van der Waals surface area contributed by atoms with Crippen molar-refractivity contribution in [2.45, 2.75) is 19.4 Å². The summed E-state index contributed by atoms with van der Waals surface area (Å²) >= 11 is 6.29. The highest BCUT2D eigenvalue weighted by Gasteiger charge is 2.32. The van der Waals surface area contributed by atoms with Gasteiger partial charge in [0.25, 0.3) is 0 Å². The van der Waals surface area contributed by atoms with Crippen LogP contribution in [-0.2, 0) is 6.61 Å². The van der Waals surface area contributed by atoms with Gasteiger partial charge in [0.15, 0.2) is 11.5 Å². The van der Waals surface area contributed by atoms with Crippen molar-refractivity contribution >= 4 is 17.6 Å². The number of nitrogens with two attached hydrogens (primary N) is 1. The van der Waals surface area contributed by atoms with E-state index in [9.17, 15) is 10.1 Å². The largest absolute Gasteiger partial charge is 0.497 e. The van der Waals surface area contributed by atoms with Crippen LogP contribution in [-0.4, -0.2) is 19.7 Å². The van der Waals surface area contributed by atoms with Crippen LogP contribution >= 0.6 is 11.6 Å². The highest BCUT2D eigenvalue weighted by atomic mass is 35.5. The number of fused-ring (bicyclic) bond motifs is 1. The topological polar surface area (TPSA) is 113 Å². The smallest absolute Gasteiger partial charge is 0.343 e. The fourth-order valence-corrected chi connectivity index (χ4v) is 4.79. The highest BCUT2D eigenvalue weighted by molar-refractivity contribution is 6.31. The van der Waals surface area contributed by atoms with Gasteiger partial charge in [-0.1, -0.05) is 41.9 Å². The third-order valence-electron chi connectivity index (χ3n) is 6.67. The molecule has 4 aromatic carbocycles. The van der Waals surface area contributed by atoms with Crippen molar-refractivity contribution in [1.29, 1.82) is 5.26 Å². The molecule has 0 saturated heterocycles. The number of carbonyl (C=O) groups is 1. The number of carbonyl (C=O) groups excluding carboxylic acids is 1. The fourth-order valence-electron chi connectivity index (χ4n) is 4.60. The molecule has 0 spiro atoms. The Morgan fingerprint density at radius 3 is 2.45 bits per heavy atom. The summed E-state index contributed by atoms with van der Waals surface area (Å²) in [5.41, 5.74) is 9.08. The van der Waals surface area contributed by atoms with Gasteiger partial charge in [-0.3, -0.25) is 0 Å². The van der Waals surface area contributed by atoms with E-state index in [-0.39, 0.29) is 23.8 Å². The second kappa shape index (κ2) is 12.6. The number of ether oxygens (including phenoxy) is 5. The first-order valence-electron chi connectivity index (χ1n) is 13.1. The van der Waals surface area contributed by atoms with Crippen molar-refractivity contribution in [2.24, 2.45) is 5.73 Å². The molecule has 9 heteroatoms. The summed E-state index contributed by atoms with van der Waals surface area (Å²) in [6, 6.07) is 26.7. The molecule has 0 aromatic heterocycles. The summed E-state index contributed by atoms with van der Waals surface area (Å²) in [6.45, 7) is 2.54. The zero-order chi connectivity index (χ0) is 29.6. The van der Waals surface area contributed by atoms with Gasteiger partial charge in [-0.15, -0.1) is 0 Å². The molecule has 4 aromatic rings. The third-order valence-corrected chi connectivity index (χ3v) is 7.04. The Bertz CT molecular complexity index is 1690. The minimum absolute atomic E-state index is 0.0364.